The normalized spacial score (nSPS) is 12.0. The first-order chi connectivity index (χ1) is 14.9. The molecule has 0 atom stereocenters. The number of aryl methyl sites for hydroxylation is 1. The molecule has 3 nitrogen and oxygen atoms in total. The topological polar surface area (TPSA) is 54.4 Å². The first-order valence-corrected chi connectivity index (χ1v) is 13.9. The highest BCUT2D eigenvalue weighted by molar-refractivity contribution is 7.86. The SMILES string of the molecule is CCCCCCCCCCCCCCCCc1cc2ccccc2c(S(=O)(=O)O)c1Cl. The molecule has 0 unspecified atom stereocenters. The Morgan fingerprint density at radius 3 is 1.77 bits per heavy atom. The van der Waals surface area contributed by atoms with Gasteiger partial charge < -0.3 is 0 Å². The van der Waals surface area contributed by atoms with E-state index in [0.717, 1.165) is 30.2 Å². The molecule has 0 aliphatic rings. The van der Waals surface area contributed by atoms with Gasteiger partial charge in [-0.1, -0.05) is 126 Å². The Balaban J connectivity index is 1.67. The van der Waals surface area contributed by atoms with Crippen LogP contribution < -0.4 is 0 Å². The Labute approximate surface area is 194 Å². The quantitative estimate of drug-likeness (QED) is 0.198. The maximum atomic E-state index is 11.9. The van der Waals surface area contributed by atoms with Crippen LogP contribution in [0.2, 0.25) is 5.02 Å². The lowest BCUT2D eigenvalue weighted by atomic mass is 10.0. The van der Waals surface area contributed by atoms with Gasteiger partial charge in [0.2, 0.25) is 0 Å². The Hall–Kier alpha value is -1.10. The van der Waals surface area contributed by atoms with Crippen LogP contribution in [0.1, 0.15) is 102 Å². The van der Waals surface area contributed by atoms with Crippen molar-refractivity contribution in [1.29, 1.82) is 0 Å². The van der Waals surface area contributed by atoms with E-state index in [0.29, 0.717) is 5.39 Å². The van der Waals surface area contributed by atoms with Gasteiger partial charge in [-0.15, -0.1) is 0 Å². The largest absolute Gasteiger partial charge is 0.296 e. The highest BCUT2D eigenvalue weighted by atomic mass is 35.5. The number of halogens is 1. The van der Waals surface area contributed by atoms with Crippen molar-refractivity contribution in [2.75, 3.05) is 0 Å². The Bertz CT molecular complexity index is 893. The third-order valence-electron chi connectivity index (χ3n) is 6.07. The third kappa shape index (κ3) is 9.11. The highest BCUT2D eigenvalue weighted by Gasteiger charge is 2.21. The Kier molecular flexibility index (Phi) is 11.9. The maximum Gasteiger partial charge on any atom is 0.296 e. The summed E-state index contributed by atoms with van der Waals surface area (Å²) in [5.41, 5.74) is 0.798. The van der Waals surface area contributed by atoms with Gasteiger partial charge in [0.25, 0.3) is 10.1 Å². The second-order valence-corrected chi connectivity index (χ2v) is 10.5. The fourth-order valence-electron chi connectivity index (χ4n) is 4.29. The van der Waals surface area contributed by atoms with Crippen LogP contribution in [0.15, 0.2) is 35.2 Å². The lowest BCUT2D eigenvalue weighted by Crippen LogP contribution is -2.03. The van der Waals surface area contributed by atoms with Gasteiger partial charge in [0.05, 0.1) is 5.02 Å². The zero-order valence-corrected chi connectivity index (χ0v) is 20.6. The van der Waals surface area contributed by atoms with Gasteiger partial charge in [-0.2, -0.15) is 8.42 Å². The molecule has 31 heavy (non-hydrogen) atoms. The van der Waals surface area contributed by atoms with Gasteiger partial charge >= 0.3 is 0 Å². The van der Waals surface area contributed by atoms with E-state index in [9.17, 15) is 13.0 Å². The van der Waals surface area contributed by atoms with E-state index in [4.69, 9.17) is 11.6 Å². The van der Waals surface area contributed by atoms with Crippen LogP contribution in [-0.4, -0.2) is 13.0 Å². The van der Waals surface area contributed by atoms with E-state index in [1.807, 2.05) is 18.2 Å². The Morgan fingerprint density at radius 2 is 1.26 bits per heavy atom. The van der Waals surface area contributed by atoms with Gasteiger partial charge in [0.1, 0.15) is 4.90 Å². The molecule has 0 heterocycles. The minimum Gasteiger partial charge on any atom is -0.282 e. The van der Waals surface area contributed by atoms with Crippen molar-refractivity contribution in [3.63, 3.8) is 0 Å². The molecule has 2 aromatic rings. The highest BCUT2D eigenvalue weighted by Crippen LogP contribution is 2.34. The number of rotatable bonds is 16. The summed E-state index contributed by atoms with van der Waals surface area (Å²) in [6.45, 7) is 2.26. The van der Waals surface area contributed by atoms with Crippen LogP contribution in [-0.2, 0) is 16.5 Å². The van der Waals surface area contributed by atoms with E-state index in [2.05, 4.69) is 6.92 Å². The number of hydrogen-bond acceptors (Lipinski definition) is 2. The van der Waals surface area contributed by atoms with Crippen molar-refractivity contribution >= 4 is 32.5 Å². The molecule has 2 aromatic carbocycles. The fourth-order valence-corrected chi connectivity index (χ4v) is 5.65. The van der Waals surface area contributed by atoms with Gasteiger partial charge in [-0.25, -0.2) is 0 Å². The second-order valence-electron chi connectivity index (χ2n) is 8.72. The van der Waals surface area contributed by atoms with E-state index >= 15 is 0 Å². The standard InChI is InChI=1S/C26H39ClO3S/c1-2-3-4-5-6-7-8-9-10-11-12-13-14-15-19-23-21-22-18-16-17-20-24(22)26(25(23)27)31(28,29)30/h16-18,20-21H,2-15,19H2,1H3,(H,28,29,30). The predicted molar refractivity (Wildman–Crippen MR) is 133 cm³/mol. The molecule has 0 spiro atoms. The van der Waals surface area contributed by atoms with Crippen LogP contribution in [0.5, 0.6) is 0 Å². The van der Waals surface area contributed by atoms with Crippen molar-refractivity contribution < 1.29 is 13.0 Å². The predicted octanol–water partition coefficient (Wildman–Crippen LogP) is 8.76. The van der Waals surface area contributed by atoms with Crippen molar-refractivity contribution in [3.05, 3.63) is 40.9 Å². The molecule has 5 heteroatoms. The fraction of sp³-hybridized carbons (Fsp3) is 0.615. The first-order valence-electron chi connectivity index (χ1n) is 12.1. The molecule has 0 saturated heterocycles. The molecule has 1 N–H and O–H groups in total. The summed E-state index contributed by atoms with van der Waals surface area (Å²) in [7, 11) is -4.37. The minimum absolute atomic E-state index is 0.160. The summed E-state index contributed by atoms with van der Waals surface area (Å²) < 4.78 is 33.5. The summed E-state index contributed by atoms with van der Waals surface area (Å²) >= 11 is 6.39. The number of fused-ring (bicyclic) bond motifs is 1. The summed E-state index contributed by atoms with van der Waals surface area (Å²) in [5.74, 6) is 0. The van der Waals surface area contributed by atoms with Crippen LogP contribution in [0.4, 0.5) is 0 Å². The molecule has 2 rings (SSSR count). The summed E-state index contributed by atoms with van der Waals surface area (Å²) in [6, 6.07) is 9.10. The summed E-state index contributed by atoms with van der Waals surface area (Å²) in [4.78, 5) is -0.160. The molecular formula is C26H39ClO3S. The molecular weight excluding hydrogens is 428 g/mol. The molecule has 0 fully saturated rings. The molecule has 0 amide bonds. The molecule has 0 aromatic heterocycles. The number of benzene rings is 2. The molecule has 0 aliphatic carbocycles. The van der Waals surface area contributed by atoms with Crippen molar-refractivity contribution in [1.82, 2.24) is 0 Å². The lowest BCUT2D eigenvalue weighted by Gasteiger charge is -2.12. The average molecular weight is 467 g/mol. The third-order valence-corrected chi connectivity index (χ3v) is 7.56. The lowest BCUT2D eigenvalue weighted by molar-refractivity contribution is 0.484. The average Bonchev–Trinajstić information content (AvgIpc) is 2.73. The zero-order chi connectivity index (χ0) is 22.5. The monoisotopic (exact) mass is 466 g/mol. The smallest absolute Gasteiger partial charge is 0.282 e. The second kappa shape index (κ2) is 14.1. The van der Waals surface area contributed by atoms with Gasteiger partial charge in [0, 0.05) is 5.39 Å². The van der Waals surface area contributed by atoms with Crippen molar-refractivity contribution in [2.24, 2.45) is 0 Å². The van der Waals surface area contributed by atoms with E-state index < -0.39 is 10.1 Å². The first kappa shape index (κ1) is 26.2. The van der Waals surface area contributed by atoms with Crippen LogP contribution in [0, 0.1) is 0 Å². The molecule has 174 valence electrons. The molecule has 0 bridgehead atoms. The molecule has 0 aliphatic heterocycles. The number of unbranched alkanes of at least 4 members (excludes halogenated alkanes) is 13. The summed E-state index contributed by atoms with van der Waals surface area (Å²) in [5, 5.41) is 1.43. The van der Waals surface area contributed by atoms with Crippen LogP contribution in [0.3, 0.4) is 0 Å². The van der Waals surface area contributed by atoms with E-state index in [1.54, 1.807) is 12.1 Å². The van der Waals surface area contributed by atoms with Crippen LogP contribution in [0.25, 0.3) is 10.8 Å². The van der Waals surface area contributed by atoms with Gasteiger partial charge in [-0.3, -0.25) is 4.55 Å². The molecule has 0 saturated carbocycles. The van der Waals surface area contributed by atoms with E-state index in [-0.39, 0.29) is 9.92 Å². The Morgan fingerprint density at radius 1 is 0.774 bits per heavy atom. The van der Waals surface area contributed by atoms with Crippen LogP contribution >= 0.6 is 11.6 Å². The minimum atomic E-state index is -4.37. The number of hydrogen-bond donors (Lipinski definition) is 1. The van der Waals surface area contributed by atoms with Crippen molar-refractivity contribution in [3.8, 4) is 0 Å². The molecule has 0 radical (unpaired) electrons. The van der Waals surface area contributed by atoms with Gasteiger partial charge in [0.15, 0.2) is 0 Å². The van der Waals surface area contributed by atoms with E-state index in [1.165, 1.54) is 77.0 Å². The van der Waals surface area contributed by atoms with Crippen molar-refractivity contribution in [2.45, 2.75) is 108 Å². The zero-order valence-electron chi connectivity index (χ0n) is 19.0. The summed E-state index contributed by atoms with van der Waals surface area (Å²) in [6.07, 6.45) is 19.0. The maximum absolute atomic E-state index is 11.9. The van der Waals surface area contributed by atoms with Gasteiger partial charge in [-0.05, 0) is 29.9 Å².